The first-order chi connectivity index (χ1) is 12.6. The Bertz CT molecular complexity index is 765. The Morgan fingerprint density at radius 1 is 1.23 bits per heavy atom. The quantitative estimate of drug-likeness (QED) is 0.501. The van der Waals surface area contributed by atoms with Gasteiger partial charge < -0.3 is 20.3 Å². The Hall–Kier alpha value is -1.94. The van der Waals surface area contributed by atoms with Gasteiger partial charge in [-0.25, -0.2) is 9.97 Å². The summed E-state index contributed by atoms with van der Waals surface area (Å²) in [5.41, 5.74) is 0.671. The summed E-state index contributed by atoms with van der Waals surface area (Å²) in [6.45, 7) is 6.10. The summed E-state index contributed by atoms with van der Waals surface area (Å²) in [6, 6.07) is 9.47. The van der Waals surface area contributed by atoms with Crippen LogP contribution in [0.15, 0.2) is 30.3 Å². The van der Waals surface area contributed by atoms with Crippen molar-refractivity contribution in [1.29, 1.82) is 0 Å². The molecule has 2 aromatic rings. The molecule has 1 amide bonds. The molecule has 0 saturated carbocycles. The highest BCUT2D eigenvalue weighted by atomic mass is 127. The minimum absolute atomic E-state index is 0.0711. The Balaban J connectivity index is 1.51. The summed E-state index contributed by atoms with van der Waals surface area (Å²) in [7, 11) is 0. The highest BCUT2D eigenvalue weighted by Crippen LogP contribution is 2.17. The van der Waals surface area contributed by atoms with E-state index in [4.69, 9.17) is 4.74 Å². The predicted octanol–water partition coefficient (Wildman–Crippen LogP) is 2.07. The maximum absolute atomic E-state index is 12.1. The molecule has 1 aromatic carbocycles. The van der Waals surface area contributed by atoms with E-state index in [1.807, 2.05) is 37.3 Å². The second kappa shape index (κ2) is 9.13. The number of rotatable bonds is 6. The number of nitrogens with zero attached hydrogens (tertiary/aromatic N) is 3. The number of halogens is 1. The Morgan fingerprint density at radius 2 is 2.04 bits per heavy atom. The molecule has 8 heteroatoms. The number of hydrogen-bond acceptors (Lipinski definition) is 6. The normalized spacial score (nSPS) is 14.2. The van der Waals surface area contributed by atoms with Crippen LogP contribution in [0.3, 0.4) is 0 Å². The average Bonchev–Trinajstić information content (AvgIpc) is 2.65. The average molecular weight is 467 g/mol. The fraction of sp³-hybridized carbons (Fsp3) is 0.389. The van der Waals surface area contributed by atoms with Crippen LogP contribution in [0.1, 0.15) is 16.2 Å². The van der Waals surface area contributed by atoms with E-state index >= 15 is 0 Å². The molecule has 2 heterocycles. The fourth-order valence-corrected chi connectivity index (χ4v) is 3.24. The molecule has 1 saturated heterocycles. The number of amides is 1. The second-order valence-corrected chi connectivity index (χ2v) is 7.20. The lowest BCUT2D eigenvalue weighted by Gasteiger charge is -2.28. The second-order valence-electron chi connectivity index (χ2n) is 5.95. The summed E-state index contributed by atoms with van der Waals surface area (Å²) in [5, 5.41) is 6.17. The number of ether oxygens (including phenoxy) is 1. The molecule has 0 radical (unpaired) electrons. The van der Waals surface area contributed by atoms with Crippen LogP contribution in [0.5, 0.6) is 0 Å². The summed E-state index contributed by atoms with van der Waals surface area (Å²) in [6.07, 6.45) is 0. The lowest BCUT2D eigenvalue weighted by atomic mass is 10.2. The van der Waals surface area contributed by atoms with Crippen LogP contribution in [0, 0.1) is 10.5 Å². The van der Waals surface area contributed by atoms with Crippen molar-refractivity contribution in [3.8, 4) is 0 Å². The van der Waals surface area contributed by atoms with E-state index in [1.54, 1.807) is 0 Å². The zero-order valence-corrected chi connectivity index (χ0v) is 16.8. The van der Waals surface area contributed by atoms with Crippen molar-refractivity contribution in [3.05, 3.63) is 45.3 Å². The van der Waals surface area contributed by atoms with Gasteiger partial charge in [0, 0.05) is 41.4 Å². The molecule has 1 aromatic heterocycles. The first kappa shape index (κ1) is 18.8. The molecule has 7 nitrogen and oxygen atoms in total. The molecule has 1 fully saturated rings. The van der Waals surface area contributed by atoms with Crippen LogP contribution in [-0.2, 0) is 4.74 Å². The van der Waals surface area contributed by atoms with Gasteiger partial charge in [-0.3, -0.25) is 4.79 Å². The molecule has 26 heavy (non-hydrogen) atoms. The lowest BCUT2D eigenvalue weighted by molar-refractivity contribution is 0.0955. The number of nitrogens with one attached hydrogen (secondary N) is 2. The van der Waals surface area contributed by atoms with Crippen molar-refractivity contribution in [2.24, 2.45) is 0 Å². The minimum Gasteiger partial charge on any atom is -0.378 e. The zero-order valence-electron chi connectivity index (χ0n) is 14.7. The number of carbonyl (C=O) groups is 1. The van der Waals surface area contributed by atoms with Gasteiger partial charge in [0.2, 0.25) is 0 Å². The molecule has 0 spiro atoms. The van der Waals surface area contributed by atoms with Crippen LogP contribution in [0.4, 0.5) is 11.6 Å². The number of morpholine rings is 1. The molecule has 1 aliphatic heterocycles. The van der Waals surface area contributed by atoms with Gasteiger partial charge in [0.25, 0.3) is 5.91 Å². The van der Waals surface area contributed by atoms with Gasteiger partial charge in [-0.05, 0) is 47.7 Å². The van der Waals surface area contributed by atoms with Crippen molar-refractivity contribution in [1.82, 2.24) is 15.3 Å². The molecule has 138 valence electrons. The summed E-state index contributed by atoms with van der Waals surface area (Å²) in [5.74, 6) is 2.33. The van der Waals surface area contributed by atoms with Crippen LogP contribution >= 0.6 is 22.6 Å². The number of benzene rings is 1. The SMILES string of the molecule is Cc1nc(NCCNC(=O)c2cccc(I)c2)cc(N2CCOCC2)n1. The van der Waals surface area contributed by atoms with Gasteiger partial charge in [0.1, 0.15) is 17.5 Å². The number of hydrogen-bond donors (Lipinski definition) is 2. The van der Waals surface area contributed by atoms with E-state index in [0.29, 0.717) is 18.7 Å². The highest BCUT2D eigenvalue weighted by Gasteiger charge is 2.14. The van der Waals surface area contributed by atoms with Gasteiger partial charge in [-0.2, -0.15) is 0 Å². The van der Waals surface area contributed by atoms with E-state index in [1.165, 1.54) is 0 Å². The molecule has 3 rings (SSSR count). The van der Waals surface area contributed by atoms with E-state index in [9.17, 15) is 4.79 Å². The molecule has 2 N–H and O–H groups in total. The smallest absolute Gasteiger partial charge is 0.251 e. The molecule has 0 unspecified atom stereocenters. The van der Waals surface area contributed by atoms with Crippen molar-refractivity contribution in [2.45, 2.75) is 6.92 Å². The van der Waals surface area contributed by atoms with Crippen molar-refractivity contribution in [3.63, 3.8) is 0 Å². The fourth-order valence-electron chi connectivity index (χ4n) is 2.70. The standard InChI is InChI=1S/C18H22IN5O2/c1-13-22-16(12-17(23-13)24-7-9-26-10-8-24)20-5-6-21-18(25)14-3-2-4-15(19)11-14/h2-4,11-12H,5-10H2,1H3,(H,21,25)(H,20,22,23). The minimum atomic E-state index is -0.0711. The molecule has 0 aliphatic carbocycles. The van der Waals surface area contributed by atoms with E-state index in [2.05, 4.69) is 48.1 Å². The number of aromatic nitrogens is 2. The maximum Gasteiger partial charge on any atom is 0.251 e. The van der Waals surface area contributed by atoms with Crippen LogP contribution in [-0.4, -0.2) is 55.3 Å². The first-order valence-electron chi connectivity index (χ1n) is 8.58. The molecule has 1 aliphatic rings. The molecular formula is C18H22IN5O2. The Labute approximate surface area is 166 Å². The van der Waals surface area contributed by atoms with Gasteiger partial charge in [-0.15, -0.1) is 0 Å². The zero-order chi connectivity index (χ0) is 18.4. The predicted molar refractivity (Wildman–Crippen MR) is 110 cm³/mol. The number of aryl methyl sites for hydroxylation is 1. The van der Waals surface area contributed by atoms with E-state index in [0.717, 1.165) is 47.3 Å². The van der Waals surface area contributed by atoms with Gasteiger partial charge >= 0.3 is 0 Å². The van der Waals surface area contributed by atoms with Crippen LogP contribution in [0.25, 0.3) is 0 Å². The largest absolute Gasteiger partial charge is 0.378 e. The first-order valence-corrected chi connectivity index (χ1v) is 9.66. The van der Waals surface area contributed by atoms with E-state index in [-0.39, 0.29) is 5.91 Å². The van der Waals surface area contributed by atoms with Crippen molar-refractivity contribution >= 4 is 40.1 Å². The van der Waals surface area contributed by atoms with Gasteiger partial charge in [0.15, 0.2) is 0 Å². The number of anilines is 2. The van der Waals surface area contributed by atoms with Crippen molar-refractivity contribution < 1.29 is 9.53 Å². The third-order valence-corrected chi connectivity index (χ3v) is 4.63. The highest BCUT2D eigenvalue weighted by molar-refractivity contribution is 14.1. The summed E-state index contributed by atoms with van der Waals surface area (Å²) in [4.78, 5) is 23.3. The summed E-state index contributed by atoms with van der Waals surface area (Å²) >= 11 is 2.20. The maximum atomic E-state index is 12.1. The van der Waals surface area contributed by atoms with Gasteiger partial charge in [-0.1, -0.05) is 6.07 Å². The third-order valence-electron chi connectivity index (χ3n) is 3.96. The Kier molecular flexibility index (Phi) is 6.62. The molecule has 0 atom stereocenters. The summed E-state index contributed by atoms with van der Waals surface area (Å²) < 4.78 is 6.43. The third kappa shape index (κ3) is 5.28. The topological polar surface area (TPSA) is 79.4 Å². The molecular weight excluding hydrogens is 445 g/mol. The van der Waals surface area contributed by atoms with Crippen LogP contribution in [0.2, 0.25) is 0 Å². The van der Waals surface area contributed by atoms with Crippen LogP contribution < -0.4 is 15.5 Å². The monoisotopic (exact) mass is 467 g/mol. The lowest BCUT2D eigenvalue weighted by Crippen LogP contribution is -2.37. The number of carbonyl (C=O) groups excluding carboxylic acids is 1. The van der Waals surface area contributed by atoms with E-state index < -0.39 is 0 Å². The van der Waals surface area contributed by atoms with Crippen molar-refractivity contribution in [2.75, 3.05) is 49.6 Å². The Morgan fingerprint density at radius 3 is 2.81 bits per heavy atom. The van der Waals surface area contributed by atoms with Gasteiger partial charge in [0.05, 0.1) is 13.2 Å². The molecule has 0 bridgehead atoms.